The lowest BCUT2D eigenvalue weighted by Gasteiger charge is -2.06. The average Bonchev–Trinajstić information content (AvgIpc) is 2.19. The van der Waals surface area contributed by atoms with Gasteiger partial charge in [-0.05, 0) is 43.4 Å². The van der Waals surface area contributed by atoms with E-state index in [1.807, 2.05) is 12.1 Å². The number of alkyl halides is 1. The Morgan fingerprint density at radius 1 is 1.43 bits per heavy atom. The fourth-order valence-corrected chi connectivity index (χ4v) is 1.43. The summed E-state index contributed by atoms with van der Waals surface area (Å²) in [7, 11) is 0. The van der Waals surface area contributed by atoms with Crippen LogP contribution in [0, 0.1) is 12.7 Å². The first kappa shape index (κ1) is 11.5. The lowest BCUT2D eigenvalue weighted by Crippen LogP contribution is -1.99. The highest BCUT2D eigenvalue weighted by molar-refractivity contribution is 6.20. The lowest BCUT2D eigenvalue weighted by atomic mass is 10.1. The topological polar surface area (TPSA) is 0 Å². The summed E-state index contributed by atoms with van der Waals surface area (Å²) in [6, 6.07) is 5.39. The van der Waals surface area contributed by atoms with Crippen LogP contribution in [0.3, 0.4) is 0 Å². The van der Waals surface area contributed by atoms with Gasteiger partial charge in [-0.25, -0.2) is 4.39 Å². The molecule has 1 unspecified atom stereocenters. The van der Waals surface area contributed by atoms with E-state index >= 15 is 0 Å². The minimum absolute atomic E-state index is 0.120. The molecule has 1 atom stereocenters. The normalized spacial score (nSPS) is 12.9. The van der Waals surface area contributed by atoms with Crippen LogP contribution < -0.4 is 0 Å². The molecule has 0 amide bonds. The predicted octanol–water partition coefficient (Wildman–Crippen LogP) is 4.08. The van der Waals surface area contributed by atoms with Crippen molar-refractivity contribution in [2.45, 2.75) is 38.5 Å². The summed E-state index contributed by atoms with van der Waals surface area (Å²) in [6.07, 6.45) is 2.75. The van der Waals surface area contributed by atoms with Crippen LogP contribution in [-0.2, 0) is 6.42 Å². The van der Waals surface area contributed by atoms with E-state index in [2.05, 4.69) is 6.92 Å². The highest BCUT2D eigenvalue weighted by Gasteiger charge is 2.03. The van der Waals surface area contributed by atoms with Crippen LogP contribution in [0.4, 0.5) is 4.39 Å². The number of hydrogen-bond acceptors (Lipinski definition) is 0. The molecule has 0 spiro atoms. The Morgan fingerprint density at radius 3 is 2.71 bits per heavy atom. The SMILES string of the molecule is CCC(Cl)CCc1ccc(C)c(F)c1. The van der Waals surface area contributed by atoms with Gasteiger partial charge in [0.1, 0.15) is 5.82 Å². The van der Waals surface area contributed by atoms with Crippen LogP contribution in [0.5, 0.6) is 0 Å². The van der Waals surface area contributed by atoms with Crippen molar-refractivity contribution in [3.8, 4) is 0 Å². The minimum Gasteiger partial charge on any atom is -0.207 e. The number of rotatable bonds is 4. The van der Waals surface area contributed by atoms with Gasteiger partial charge in [-0.2, -0.15) is 0 Å². The van der Waals surface area contributed by atoms with Crippen molar-refractivity contribution in [1.29, 1.82) is 0 Å². The van der Waals surface area contributed by atoms with Crippen LogP contribution in [0.2, 0.25) is 0 Å². The van der Waals surface area contributed by atoms with Gasteiger partial charge in [-0.15, -0.1) is 11.6 Å². The molecule has 0 heterocycles. The Bertz CT molecular complexity index is 296. The highest BCUT2D eigenvalue weighted by atomic mass is 35.5. The smallest absolute Gasteiger partial charge is 0.126 e. The van der Waals surface area contributed by atoms with Crippen molar-refractivity contribution in [2.75, 3.05) is 0 Å². The molecule has 0 bridgehead atoms. The van der Waals surface area contributed by atoms with Gasteiger partial charge in [0.05, 0.1) is 0 Å². The third kappa shape index (κ3) is 3.30. The Labute approximate surface area is 90.1 Å². The molecule has 0 aromatic heterocycles. The molecule has 1 aromatic carbocycles. The Balaban J connectivity index is 2.55. The molecule has 1 aromatic rings. The summed E-state index contributed by atoms with van der Waals surface area (Å²) in [5.41, 5.74) is 1.74. The van der Waals surface area contributed by atoms with Gasteiger partial charge in [0, 0.05) is 5.38 Å². The summed E-state index contributed by atoms with van der Waals surface area (Å²) < 4.78 is 13.2. The molecule has 2 heteroatoms. The van der Waals surface area contributed by atoms with Gasteiger partial charge in [0.2, 0.25) is 0 Å². The maximum absolute atomic E-state index is 13.2. The minimum atomic E-state index is -0.120. The monoisotopic (exact) mass is 214 g/mol. The first-order valence-corrected chi connectivity index (χ1v) is 5.46. The second-order valence-corrected chi connectivity index (χ2v) is 4.24. The van der Waals surface area contributed by atoms with Crippen LogP contribution in [-0.4, -0.2) is 5.38 Å². The lowest BCUT2D eigenvalue weighted by molar-refractivity contribution is 0.614. The maximum atomic E-state index is 13.2. The second kappa shape index (κ2) is 5.35. The summed E-state index contributed by atoms with van der Waals surface area (Å²) in [4.78, 5) is 0. The molecule has 0 N–H and O–H groups in total. The van der Waals surface area contributed by atoms with Gasteiger partial charge in [0.15, 0.2) is 0 Å². The summed E-state index contributed by atoms with van der Waals surface area (Å²) >= 11 is 5.99. The number of benzene rings is 1. The van der Waals surface area contributed by atoms with Gasteiger partial charge in [0.25, 0.3) is 0 Å². The number of hydrogen-bond donors (Lipinski definition) is 0. The molecule has 0 aliphatic carbocycles. The Hall–Kier alpha value is -0.560. The van der Waals surface area contributed by atoms with E-state index in [0.717, 1.165) is 24.8 Å². The first-order valence-electron chi connectivity index (χ1n) is 5.02. The van der Waals surface area contributed by atoms with Crippen LogP contribution in [0.15, 0.2) is 18.2 Å². The fraction of sp³-hybridized carbons (Fsp3) is 0.500. The molecule has 0 fully saturated rings. The van der Waals surface area contributed by atoms with Crippen molar-refractivity contribution in [1.82, 2.24) is 0 Å². The third-order valence-corrected chi connectivity index (χ3v) is 2.95. The van der Waals surface area contributed by atoms with E-state index in [-0.39, 0.29) is 11.2 Å². The summed E-state index contributed by atoms with van der Waals surface area (Å²) in [5.74, 6) is -0.120. The van der Waals surface area contributed by atoms with Gasteiger partial charge < -0.3 is 0 Å². The van der Waals surface area contributed by atoms with Crippen molar-refractivity contribution in [3.63, 3.8) is 0 Å². The molecule has 14 heavy (non-hydrogen) atoms. The van der Waals surface area contributed by atoms with E-state index in [1.54, 1.807) is 13.0 Å². The molecular formula is C12H16ClF. The molecule has 0 aliphatic heterocycles. The van der Waals surface area contributed by atoms with E-state index in [1.165, 1.54) is 0 Å². The van der Waals surface area contributed by atoms with E-state index < -0.39 is 0 Å². The largest absolute Gasteiger partial charge is 0.207 e. The summed E-state index contributed by atoms with van der Waals surface area (Å²) in [6.45, 7) is 3.84. The maximum Gasteiger partial charge on any atom is 0.126 e. The zero-order valence-corrected chi connectivity index (χ0v) is 9.44. The fourth-order valence-electron chi connectivity index (χ4n) is 1.32. The molecular weight excluding hydrogens is 199 g/mol. The highest BCUT2D eigenvalue weighted by Crippen LogP contribution is 2.14. The van der Waals surface area contributed by atoms with E-state index in [9.17, 15) is 4.39 Å². The standard InChI is InChI=1S/C12H16ClF/c1-3-11(13)7-6-10-5-4-9(2)12(14)8-10/h4-5,8,11H,3,6-7H2,1-2H3. The quantitative estimate of drug-likeness (QED) is 0.663. The van der Waals surface area contributed by atoms with Crippen molar-refractivity contribution in [2.24, 2.45) is 0 Å². The van der Waals surface area contributed by atoms with Crippen LogP contribution in [0.1, 0.15) is 30.9 Å². The van der Waals surface area contributed by atoms with Gasteiger partial charge in [-0.3, -0.25) is 0 Å². The first-order chi connectivity index (χ1) is 6.63. The molecule has 0 aliphatic rings. The number of aryl methyl sites for hydroxylation is 2. The van der Waals surface area contributed by atoms with Crippen LogP contribution in [0.25, 0.3) is 0 Å². The molecule has 0 radical (unpaired) electrons. The van der Waals surface area contributed by atoms with E-state index in [4.69, 9.17) is 11.6 Å². The second-order valence-electron chi connectivity index (χ2n) is 3.63. The van der Waals surface area contributed by atoms with Crippen molar-refractivity contribution < 1.29 is 4.39 Å². The average molecular weight is 215 g/mol. The molecule has 0 saturated heterocycles. The van der Waals surface area contributed by atoms with Crippen molar-refractivity contribution in [3.05, 3.63) is 35.1 Å². The summed E-state index contributed by atoms with van der Waals surface area (Å²) in [5, 5.41) is 0.208. The van der Waals surface area contributed by atoms with Gasteiger partial charge in [-0.1, -0.05) is 19.1 Å². The van der Waals surface area contributed by atoms with E-state index in [0.29, 0.717) is 5.56 Å². The molecule has 78 valence electrons. The molecule has 0 nitrogen and oxygen atoms in total. The molecule has 1 rings (SSSR count). The Morgan fingerprint density at radius 2 is 2.14 bits per heavy atom. The van der Waals surface area contributed by atoms with Crippen LogP contribution >= 0.6 is 11.6 Å². The Kier molecular flexibility index (Phi) is 4.40. The zero-order valence-electron chi connectivity index (χ0n) is 8.69. The zero-order chi connectivity index (χ0) is 10.6. The number of halogens is 2. The van der Waals surface area contributed by atoms with Crippen molar-refractivity contribution >= 4 is 11.6 Å². The van der Waals surface area contributed by atoms with Gasteiger partial charge >= 0.3 is 0 Å². The molecule has 0 saturated carbocycles. The predicted molar refractivity (Wildman–Crippen MR) is 59.4 cm³/mol. The third-order valence-electron chi connectivity index (χ3n) is 2.43.